The van der Waals surface area contributed by atoms with Crippen molar-refractivity contribution in [1.82, 2.24) is 19.7 Å². The summed E-state index contributed by atoms with van der Waals surface area (Å²) in [7, 11) is -1.34. The quantitative estimate of drug-likeness (QED) is 0.110. The molecule has 5 rings (SSSR count). The van der Waals surface area contributed by atoms with Crippen molar-refractivity contribution in [1.29, 1.82) is 0 Å². The summed E-state index contributed by atoms with van der Waals surface area (Å²) in [6.07, 6.45) is 1.19. The smallest absolute Gasteiger partial charge is 0.257 e. The van der Waals surface area contributed by atoms with E-state index in [1.54, 1.807) is 11.0 Å². The Balaban J connectivity index is 1.51. The first kappa shape index (κ1) is 28.7. The number of anilines is 2. The minimum absolute atomic E-state index is 0.0282. The van der Waals surface area contributed by atoms with Gasteiger partial charge in [0.1, 0.15) is 24.5 Å². The van der Waals surface area contributed by atoms with Crippen molar-refractivity contribution in [2.45, 2.75) is 51.1 Å². The van der Waals surface area contributed by atoms with Gasteiger partial charge in [-0.25, -0.2) is 27.8 Å². The second-order valence-corrected chi connectivity index (χ2v) is 16.9. The fourth-order valence-corrected chi connectivity index (χ4v) is 5.50. The molecule has 1 aliphatic rings. The van der Waals surface area contributed by atoms with Crippen LogP contribution in [0.4, 0.5) is 29.1 Å². The van der Waals surface area contributed by atoms with Gasteiger partial charge in [0.15, 0.2) is 11.5 Å². The molecule has 8 nitrogen and oxygen atoms in total. The number of benzene rings is 1. The van der Waals surface area contributed by atoms with Crippen LogP contribution < -0.4 is 10.2 Å². The summed E-state index contributed by atoms with van der Waals surface area (Å²) in [6, 6.07) is 7.25. The van der Waals surface area contributed by atoms with Gasteiger partial charge in [0.05, 0.1) is 35.4 Å². The summed E-state index contributed by atoms with van der Waals surface area (Å²) < 4.78 is 64.4. The Morgan fingerprint density at radius 3 is 2.63 bits per heavy atom. The predicted octanol–water partition coefficient (Wildman–Crippen LogP) is 6.10. The van der Waals surface area contributed by atoms with Crippen molar-refractivity contribution < 1.29 is 27.1 Å². The highest BCUT2D eigenvalue weighted by Gasteiger charge is 2.37. The number of rotatable bonds is 9. The molecule has 0 saturated carbocycles. The second kappa shape index (κ2) is 11.6. The lowest BCUT2D eigenvalue weighted by Gasteiger charge is -2.25. The maximum absolute atomic E-state index is 14.8. The highest BCUT2D eigenvalue weighted by molar-refractivity contribution is 6.76. The minimum Gasteiger partial charge on any atom is -0.359 e. The molecule has 1 amide bonds. The number of alkyl halides is 1. The molecule has 216 valence electrons. The highest BCUT2D eigenvalue weighted by atomic mass is 28.3. The van der Waals surface area contributed by atoms with E-state index in [0.29, 0.717) is 29.1 Å². The van der Waals surface area contributed by atoms with Crippen LogP contribution in [0.15, 0.2) is 48.8 Å². The van der Waals surface area contributed by atoms with E-state index in [1.165, 1.54) is 16.9 Å². The second-order valence-electron chi connectivity index (χ2n) is 11.3. The fraction of sp³-hybridized carbons (Fsp3) is 0.357. The topological polar surface area (TPSA) is 85.2 Å². The van der Waals surface area contributed by atoms with Crippen molar-refractivity contribution in [3.63, 3.8) is 0 Å². The molecule has 1 saturated heterocycles. The zero-order chi connectivity index (χ0) is 29.3. The van der Waals surface area contributed by atoms with E-state index in [-0.39, 0.29) is 30.8 Å². The normalized spacial score (nSPS) is 17.4. The third-order valence-corrected chi connectivity index (χ3v) is 8.57. The molecule has 13 heteroatoms. The van der Waals surface area contributed by atoms with Crippen LogP contribution in [0.25, 0.3) is 11.0 Å². The molecule has 41 heavy (non-hydrogen) atoms. The number of hydrogen-bond donors (Lipinski definition) is 1. The van der Waals surface area contributed by atoms with Crippen LogP contribution in [0.1, 0.15) is 28.4 Å². The van der Waals surface area contributed by atoms with E-state index < -0.39 is 43.8 Å². The SMILES string of the molecule is C[Si](C)(C)CCOCn1nc(N2C[C@@H](F)C[C@@H]2c2cc(F)ccc2F)c2cc(NC(=O)c3ccc(F)nc3)cnc21. The minimum atomic E-state index is -1.34. The van der Waals surface area contributed by atoms with Gasteiger partial charge < -0.3 is 15.0 Å². The number of hydrogen-bond acceptors (Lipinski definition) is 6. The van der Waals surface area contributed by atoms with Crippen molar-refractivity contribution >= 4 is 36.5 Å². The standard InChI is InChI=1S/C28H30F4N6O2Si/c1-41(2,3)9-8-40-16-38-26-22(12-20(14-34-26)35-28(39)17-4-7-25(32)33-13-17)27(36-38)37-15-19(30)11-24(37)21-10-18(29)5-6-23(21)31/h4-7,10,12-14,19,24H,8-9,11,15-16H2,1-3H3,(H,35,39)/t19-,24+/m0/s1. The van der Waals surface area contributed by atoms with E-state index in [1.807, 2.05) is 0 Å². The average Bonchev–Trinajstić information content (AvgIpc) is 3.47. The van der Waals surface area contributed by atoms with Crippen LogP contribution in [0, 0.1) is 17.6 Å². The van der Waals surface area contributed by atoms with Gasteiger partial charge in [-0.15, -0.1) is 0 Å². The number of halogens is 4. The first-order valence-corrected chi connectivity index (χ1v) is 16.9. The van der Waals surface area contributed by atoms with Gasteiger partial charge in [0.2, 0.25) is 5.95 Å². The van der Waals surface area contributed by atoms with E-state index >= 15 is 0 Å². The molecule has 0 bridgehead atoms. The lowest BCUT2D eigenvalue weighted by atomic mass is 10.0. The molecule has 0 unspecified atom stereocenters. The lowest BCUT2D eigenvalue weighted by molar-refractivity contribution is 0.0814. The maximum atomic E-state index is 14.8. The maximum Gasteiger partial charge on any atom is 0.257 e. The van der Waals surface area contributed by atoms with E-state index in [0.717, 1.165) is 36.5 Å². The van der Waals surface area contributed by atoms with Crippen LogP contribution in [0.5, 0.6) is 0 Å². The molecule has 4 heterocycles. The summed E-state index contributed by atoms with van der Waals surface area (Å²) in [5.41, 5.74) is 0.882. The summed E-state index contributed by atoms with van der Waals surface area (Å²) in [5, 5.41) is 7.84. The number of carbonyl (C=O) groups is 1. The van der Waals surface area contributed by atoms with E-state index in [2.05, 4.69) is 40.0 Å². The van der Waals surface area contributed by atoms with Crippen LogP contribution in [0.3, 0.4) is 0 Å². The van der Waals surface area contributed by atoms with Gasteiger partial charge in [-0.05, 0) is 42.4 Å². The van der Waals surface area contributed by atoms with Gasteiger partial charge >= 0.3 is 0 Å². The summed E-state index contributed by atoms with van der Waals surface area (Å²) >= 11 is 0. The van der Waals surface area contributed by atoms with Crippen LogP contribution >= 0.6 is 0 Å². The molecule has 1 aromatic carbocycles. The van der Waals surface area contributed by atoms with Gasteiger partial charge in [0.25, 0.3) is 5.91 Å². The van der Waals surface area contributed by atoms with Crippen LogP contribution in [-0.2, 0) is 11.5 Å². The Labute approximate surface area is 235 Å². The molecule has 1 aliphatic heterocycles. The summed E-state index contributed by atoms with van der Waals surface area (Å²) in [6.45, 7) is 7.23. The molecule has 1 N–H and O–H groups in total. The number of pyridine rings is 2. The van der Waals surface area contributed by atoms with E-state index in [4.69, 9.17) is 4.74 Å². The Hall–Kier alpha value is -3.84. The first-order chi connectivity index (χ1) is 19.5. The Morgan fingerprint density at radius 1 is 1.10 bits per heavy atom. The third kappa shape index (κ3) is 6.57. The molecule has 0 radical (unpaired) electrons. The molecular weight excluding hydrogens is 556 g/mol. The van der Waals surface area contributed by atoms with Gasteiger partial charge in [-0.1, -0.05) is 19.6 Å². The molecule has 0 spiro atoms. The highest BCUT2D eigenvalue weighted by Crippen LogP contribution is 2.41. The van der Waals surface area contributed by atoms with Gasteiger partial charge in [-0.2, -0.15) is 9.49 Å². The summed E-state index contributed by atoms with van der Waals surface area (Å²) in [5.74, 6) is -2.22. The Morgan fingerprint density at radius 2 is 1.90 bits per heavy atom. The Bertz CT molecular complexity index is 1560. The molecule has 2 atom stereocenters. The van der Waals surface area contributed by atoms with Crippen molar-refractivity contribution in [3.05, 3.63) is 77.5 Å². The average molecular weight is 587 g/mol. The largest absolute Gasteiger partial charge is 0.359 e. The van der Waals surface area contributed by atoms with Gasteiger partial charge in [0, 0.05) is 32.9 Å². The number of aromatic nitrogens is 4. The van der Waals surface area contributed by atoms with Gasteiger partial charge in [-0.3, -0.25) is 4.79 Å². The van der Waals surface area contributed by atoms with Crippen molar-refractivity contribution in [3.8, 4) is 0 Å². The molecule has 0 aliphatic carbocycles. The zero-order valence-electron chi connectivity index (χ0n) is 22.9. The number of nitrogens with one attached hydrogen (secondary N) is 1. The number of amides is 1. The number of nitrogens with zero attached hydrogens (tertiary/aromatic N) is 5. The van der Waals surface area contributed by atoms with Crippen molar-refractivity contribution in [2.75, 3.05) is 23.4 Å². The number of carbonyl (C=O) groups excluding carboxylic acids is 1. The predicted molar refractivity (Wildman–Crippen MR) is 150 cm³/mol. The van der Waals surface area contributed by atoms with Crippen LogP contribution in [0.2, 0.25) is 25.7 Å². The zero-order valence-corrected chi connectivity index (χ0v) is 23.9. The van der Waals surface area contributed by atoms with Crippen molar-refractivity contribution in [2.24, 2.45) is 0 Å². The molecular formula is C28H30F4N6O2Si. The number of fused-ring (bicyclic) bond motifs is 1. The summed E-state index contributed by atoms with van der Waals surface area (Å²) in [4.78, 5) is 22.3. The number of ether oxygens (including phenoxy) is 1. The Kier molecular flexibility index (Phi) is 8.09. The van der Waals surface area contributed by atoms with Crippen LogP contribution in [-0.4, -0.2) is 53.1 Å². The molecule has 1 fully saturated rings. The molecule has 4 aromatic rings. The molecule has 3 aromatic heterocycles. The lowest BCUT2D eigenvalue weighted by Crippen LogP contribution is -2.25. The fourth-order valence-electron chi connectivity index (χ4n) is 4.74. The monoisotopic (exact) mass is 586 g/mol. The van der Waals surface area contributed by atoms with E-state index in [9.17, 15) is 22.4 Å². The third-order valence-electron chi connectivity index (χ3n) is 6.86. The first-order valence-electron chi connectivity index (χ1n) is 13.2.